The van der Waals surface area contributed by atoms with Crippen molar-refractivity contribution in [1.29, 1.82) is 0 Å². The summed E-state index contributed by atoms with van der Waals surface area (Å²) in [4.78, 5) is 4.63. The minimum absolute atomic E-state index is 0.157. The number of likely N-dealkylation sites (tertiary alicyclic amines) is 1. The smallest absolute Gasteiger partial charge is 0.126 e. The lowest BCUT2D eigenvalue weighted by Gasteiger charge is -2.33. The van der Waals surface area contributed by atoms with Gasteiger partial charge in [0, 0.05) is 25.3 Å². The minimum atomic E-state index is -0.168. The molecule has 2 rings (SSSR count). The molecule has 0 saturated carbocycles. The van der Waals surface area contributed by atoms with Gasteiger partial charge in [-0.1, -0.05) is 0 Å². The number of benzene rings is 1. The van der Waals surface area contributed by atoms with E-state index in [-0.39, 0.29) is 11.9 Å². The third-order valence-electron chi connectivity index (χ3n) is 4.58. The molecule has 1 saturated heterocycles. The number of hydrogen-bond acceptors (Lipinski definition) is 3. The fourth-order valence-corrected chi connectivity index (χ4v) is 3.11. The van der Waals surface area contributed by atoms with Crippen LogP contribution in [0.2, 0.25) is 0 Å². The van der Waals surface area contributed by atoms with Crippen molar-refractivity contribution < 1.29 is 4.39 Å². The number of rotatable bonds is 4. The Hall–Kier alpha value is -1.13. The third kappa shape index (κ3) is 3.95. The van der Waals surface area contributed by atoms with E-state index in [1.807, 2.05) is 19.9 Å². The van der Waals surface area contributed by atoms with Crippen LogP contribution in [0.1, 0.15) is 36.9 Å². The predicted octanol–water partition coefficient (Wildman–Crippen LogP) is 2.93. The summed E-state index contributed by atoms with van der Waals surface area (Å²) in [5, 5.41) is 0. The zero-order valence-electron chi connectivity index (χ0n) is 13.7. The second-order valence-electron chi connectivity index (χ2n) is 6.58. The molecular formula is C17H28FN3. The van der Waals surface area contributed by atoms with Gasteiger partial charge in [0.05, 0.1) is 0 Å². The number of piperidine rings is 1. The van der Waals surface area contributed by atoms with Crippen LogP contribution in [0.25, 0.3) is 0 Å². The van der Waals surface area contributed by atoms with Gasteiger partial charge in [0.2, 0.25) is 0 Å². The van der Waals surface area contributed by atoms with Crippen molar-refractivity contribution in [1.82, 2.24) is 4.90 Å². The van der Waals surface area contributed by atoms with Crippen LogP contribution in [-0.4, -0.2) is 38.6 Å². The highest BCUT2D eigenvalue weighted by Gasteiger charge is 2.20. The molecule has 2 N–H and O–H groups in total. The van der Waals surface area contributed by atoms with Gasteiger partial charge in [-0.2, -0.15) is 0 Å². The normalized spacial score (nSPS) is 18.8. The molecule has 1 aliphatic rings. The number of aryl methyl sites for hydroxylation is 1. The van der Waals surface area contributed by atoms with Crippen LogP contribution >= 0.6 is 0 Å². The van der Waals surface area contributed by atoms with Crippen molar-refractivity contribution in [3.8, 4) is 0 Å². The average Bonchev–Trinajstić information content (AvgIpc) is 2.43. The Bertz CT molecular complexity index is 479. The summed E-state index contributed by atoms with van der Waals surface area (Å²) in [6.07, 6.45) is 2.46. The molecule has 1 heterocycles. The Kier molecular flexibility index (Phi) is 5.22. The molecule has 3 nitrogen and oxygen atoms in total. The Morgan fingerprint density at radius 1 is 1.38 bits per heavy atom. The van der Waals surface area contributed by atoms with E-state index in [4.69, 9.17) is 5.73 Å². The Morgan fingerprint density at radius 2 is 2.00 bits per heavy atom. The molecule has 1 aromatic carbocycles. The number of halogens is 1. The van der Waals surface area contributed by atoms with Crippen LogP contribution in [0.15, 0.2) is 12.1 Å². The molecule has 0 aliphatic carbocycles. The van der Waals surface area contributed by atoms with Gasteiger partial charge in [-0.3, -0.25) is 0 Å². The Labute approximate surface area is 127 Å². The van der Waals surface area contributed by atoms with Crippen LogP contribution in [0.3, 0.4) is 0 Å². The van der Waals surface area contributed by atoms with E-state index in [2.05, 4.69) is 23.9 Å². The maximum atomic E-state index is 13.8. The van der Waals surface area contributed by atoms with Gasteiger partial charge in [0.25, 0.3) is 0 Å². The number of nitrogens with two attached hydrogens (primary N) is 1. The fourth-order valence-electron chi connectivity index (χ4n) is 3.11. The van der Waals surface area contributed by atoms with E-state index in [0.29, 0.717) is 11.5 Å². The van der Waals surface area contributed by atoms with Gasteiger partial charge < -0.3 is 15.5 Å². The first kappa shape index (κ1) is 16.2. The van der Waals surface area contributed by atoms with Crippen molar-refractivity contribution in [2.24, 2.45) is 11.7 Å². The van der Waals surface area contributed by atoms with Crippen LogP contribution in [0.5, 0.6) is 0 Å². The van der Waals surface area contributed by atoms with Crippen LogP contribution in [0, 0.1) is 18.7 Å². The SMILES string of the molecule is Cc1cc(N(C)CC2CCN(C)CC2)c([C@H](C)N)cc1F. The second kappa shape index (κ2) is 6.75. The first-order valence-corrected chi connectivity index (χ1v) is 7.83. The van der Waals surface area contributed by atoms with Crippen molar-refractivity contribution in [3.05, 3.63) is 29.1 Å². The maximum absolute atomic E-state index is 13.8. The molecule has 0 radical (unpaired) electrons. The molecule has 118 valence electrons. The lowest BCUT2D eigenvalue weighted by atomic mass is 9.95. The lowest BCUT2D eigenvalue weighted by molar-refractivity contribution is 0.222. The molecule has 0 aromatic heterocycles. The lowest BCUT2D eigenvalue weighted by Crippen LogP contribution is -2.36. The summed E-state index contributed by atoms with van der Waals surface area (Å²) in [6.45, 7) is 7.07. The van der Waals surface area contributed by atoms with Crippen molar-refractivity contribution in [2.45, 2.75) is 32.7 Å². The Balaban J connectivity index is 2.14. The fraction of sp³-hybridized carbons (Fsp3) is 0.647. The highest BCUT2D eigenvalue weighted by Crippen LogP contribution is 2.29. The third-order valence-corrected chi connectivity index (χ3v) is 4.58. The molecular weight excluding hydrogens is 265 g/mol. The zero-order chi connectivity index (χ0) is 15.6. The van der Waals surface area contributed by atoms with E-state index < -0.39 is 0 Å². The molecule has 1 fully saturated rings. The molecule has 0 bridgehead atoms. The Morgan fingerprint density at radius 3 is 2.57 bits per heavy atom. The minimum Gasteiger partial charge on any atom is -0.374 e. The van der Waals surface area contributed by atoms with Crippen molar-refractivity contribution >= 4 is 5.69 Å². The predicted molar refractivity (Wildman–Crippen MR) is 87.2 cm³/mol. The van der Waals surface area contributed by atoms with Crippen molar-refractivity contribution in [2.75, 3.05) is 38.6 Å². The number of hydrogen-bond donors (Lipinski definition) is 1. The second-order valence-corrected chi connectivity index (χ2v) is 6.58. The van der Waals surface area contributed by atoms with Gasteiger partial charge in [0.15, 0.2) is 0 Å². The number of nitrogens with zero attached hydrogens (tertiary/aromatic N) is 2. The summed E-state index contributed by atoms with van der Waals surface area (Å²) < 4.78 is 13.8. The monoisotopic (exact) mass is 293 g/mol. The van der Waals surface area contributed by atoms with Gasteiger partial charge in [0.1, 0.15) is 5.82 Å². The molecule has 1 aromatic rings. The topological polar surface area (TPSA) is 32.5 Å². The van der Waals surface area contributed by atoms with E-state index >= 15 is 0 Å². The van der Waals surface area contributed by atoms with E-state index in [9.17, 15) is 4.39 Å². The molecule has 0 unspecified atom stereocenters. The average molecular weight is 293 g/mol. The van der Waals surface area contributed by atoms with Crippen molar-refractivity contribution in [3.63, 3.8) is 0 Å². The zero-order valence-corrected chi connectivity index (χ0v) is 13.7. The van der Waals surface area contributed by atoms with Gasteiger partial charge in [-0.05, 0) is 76.0 Å². The van der Waals surface area contributed by atoms with Crippen LogP contribution in [-0.2, 0) is 0 Å². The molecule has 1 atom stereocenters. The largest absolute Gasteiger partial charge is 0.374 e. The first-order chi connectivity index (χ1) is 9.88. The maximum Gasteiger partial charge on any atom is 0.126 e. The first-order valence-electron chi connectivity index (χ1n) is 7.83. The van der Waals surface area contributed by atoms with E-state index in [0.717, 1.165) is 17.8 Å². The highest BCUT2D eigenvalue weighted by molar-refractivity contribution is 5.56. The van der Waals surface area contributed by atoms with Crippen LogP contribution < -0.4 is 10.6 Å². The molecule has 0 spiro atoms. The van der Waals surface area contributed by atoms with Gasteiger partial charge >= 0.3 is 0 Å². The van der Waals surface area contributed by atoms with E-state index in [1.54, 1.807) is 6.07 Å². The summed E-state index contributed by atoms with van der Waals surface area (Å²) in [5.41, 5.74) is 8.68. The van der Waals surface area contributed by atoms with Gasteiger partial charge in [-0.25, -0.2) is 4.39 Å². The molecule has 0 amide bonds. The quantitative estimate of drug-likeness (QED) is 0.926. The van der Waals surface area contributed by atoms with E-state index in [1.165, 1.54) is 25.9 Å². The summed E-state index contributed by atoms with van der Waals surface area (Å²) in [6, 6.07) is 3.37. The molecule has 4 heteroatoms. The molecule has 1 aliphatic heterocycles. The highest BCUT2D eigenvalue weighted by atomic mass is 19.1. The summed E-state index contributed by atoms with van der Waals surface area (Å²) >= 11 is 0. The van der Waals surface area contributed by atoms with Crippen LogP contribution in [0.4, 0.5) is 10.1 Å². The molecule has 21 heavy (non-hydrogen) atoms. The van der Waals surface area contributed by atoms with Gasteiger partial charge in [-0.15, -0.1) is 0 Å². The summed E-state index contributed by atoms with van der Waals surface area (Å²) in [7, 11) is 4.27. The standard InChI is InChI=1S/C17H28FN3/c1-12-9-17(15(13(2)19)10-16(12)18)21(4)11-14-5-7-20(3)8-6-14/h9-10,13-14H,5-8,11,19H2,1-4H3/t13-/m0/s1. The number of anilines is 1. The summed E-state index contributed by atoms with van der Waals surface area (Å²) in [5.74, 6) is 0.538.